The molecule has 0 aliphatic rings. The second-order valence-electron chi connectivity index (χ2n) is 7.36. The van der Waals surface area contributed by atoms with E-state index in [9.17, 15) is 14.4 Å². The number of alkyl halides is 1. The minimum Gasteiger partial charge on any atom is -0.481 e. The molecule has 0 atom stereocenters. The van der Waals surface area contributed by atoms with E-state index in [0.717, 1.165) is 48.6 Å². The summed E-state index contributed by atoms with van der Waals surface area (Å²) in [6.07, 6.45) is 5.72. The van der Waals surface area contributed by atoms with Gasteiger partial charge in [-0.1, -0.05) is 53.0 Å². The number of hydrogen-bond donors (Lipinski definition) is 1. The van der Waals surface area contributed by atoms with E-state index in [4.69, 9.17) is 9.84 Å². The molecule has 0 saturated heterocycles. The lowest BCUT2D eigenvalue weighted by Crippen LogP contribution is -2.09. The highest BCUT2D eigenvalue weighted by molar-refractivity contribution is 9.09. The van der Waals surface area contributed by atoms with Crippen LogP contribution in [0.2, 0.25) is 0 Å². The maximum Gasteiger partial charge on any atom is 0.338 e. The van der Waals surface area contributed by atoms with Crippen LogP contribution in [0.25, 0.3) is 0 Å². The lowest BCUT2D eigenvalue weighted by Gasteiger charge is -2.12. The Balaban J connectivity index is 2.22. The van der Waals surface area contributed by atoms with Gasteiger partial charge in [-0.2, -0.15) is 0 Å². The van der Waals surface area contributed by atoms with Crippen molar-refractivity contribution in [1.82, 2.24) is 0 Å². The van der Waals surface area contributed by atoms with Gasteiger partial charge in [0.25, 0.3) is 0 Å². The van der Waals surface area contributed by atoms with Gasteiger partial charge in [0.15, 0.2) is 5.78 Å². The van der Waals surface area contributed by atoms with Crippen molar-refractivity contribution in [2.75, 3.05) is 11.9 Å². The zero-order valence-electron chi connectivity index (χ0n) is 17.9. The van der Waals surface area contributed by atoms with Crippen molar-refractivity contribution in [3.05, 3.63) is 70.3 Å². The molecule has 5 nitrogen and oxygen atoms in total. The van der Waals surface area contributed by atoms with Crippen molar-refractivity contribution >= 4 is 33.7 Å². The molecular weight excluding hydrogens is 460 g/mol. The molecule has 6 heteroatoms. The van der Waals surface area contributed by atoms with Gasteiger partial charge in [0.1, 0.15) is 0 Å². The zero-order valence-corrected chi connectivity index (χ0v) is 19.4. The van der Waals surface area contributed by atoms with E-state index in [-0.39, 0.29) is 18.8 Å². The van der Waals surface area contributed by atoms with Gasteiger partial charge in [-0.15, -0.1) is 0 Å². The molecule has 0 aliphatic carbocycles. The quantitative estimate of drug-likeness (QED) is 0.171. The predicted molar refractivity (Wildman–Crippen MR) is 124 cm³/mol. The summed E-state index contributed by atoms with van der Waals surface area (Å²) in [6.45, 7) is 2.00. The topological polar surface area (TPSA) is 80.7 Å². The van der Waals surface area contributed by atoms with E-state index in [1.165, 1.54) is 6.07 Å². The molecule has 0 unspecified atom stereocenters. The summed E-state index contributed by atoms with van der Waals surface area (Å²) in [5, 5.41) is 10.1. The third-order valence-corrected chi connectivity index (χ3v) is 5.60. The lowest BCUT2D eigenvalue weighted by molar-refractivity contribution is -0.136. The normalized spacial score (nSPS) is 10.6. The molecule has 0 amide bonds. The van der Waals surface area contributed by atoms with Crippen LogP contribution >= 0.6 is 15.9 Å². The number of ether oxygens (including phenoxy) is 1. The maximum atomic E-state index is 13.0. The number of carbonyl (C=O) groups excluding carboxylic acids is 2. The average molecular weight is 489 g/mol. The Morgan fingerprint density at radius 3 is 2.29 bits per heavy atom. The SMILES string of the molecule is CCOC(=O)c1cccc(C(=O)c2ccc(CCCCCCBr)c(CCC(=O)O)c2)c1. The van der Waals surface area contributed by atoms with Gasteiger partial charge in [-0.25, -0.2) is 4.79 Å². The summed E-state index contributed by atoms with van der Waals surface area (Å²) >= 11 is 3.44. The number of hydrogen-bond acceptors (Lipinski definition) is 4. The number of carboxylic acid groups (broad SMARTS) is 1. The first-order chi connectivity index (χ1) is 15.0. The summed E-state index contributed by atoms with van der Waals surface area (Å²) in [5.41, 5.74) is 3.22. The van der Waals surface area contributed by atoms with Crippen LogP contribution < -0.4 is 0 Å². The molecule has 166 valence electrons. The summed E-state index contributed by atoms with van der Waals surface area (Å²) in [6, 6.07) is 12.0. The number of carboxylic acids is 1. The van der Waals surface area contributed by atoms with Crippen LogP contribution in [0.1, 0.15) is 76.4 Å². The molecule has 2 aromatic carbocycles. The molecular formula is C25H29BrO5. The monoisotopic (exact) mass is 488 g/mol. The van der Waals surface area contributed by atoms with Crippen molar-refractivity contribution < 1.29 is 24.2 Å². The van der Waals surface area contributed by atoms with Crippen LogP contribution in [0, 0.1) is 0 Å². The largest absolute Gasteiger partial charge is 0.481 e. The molecule has 1 N–H and O–H groups in total. The second kappa shape index (κ2) is 13.1. The Morgan fingerprint density at radius 2 is 1.58 bits per heavy atom. The van der Waals surface area contributed by atoms with E-state index < -0.39 is 11.9 Å². The van der Waals surface area contributed by atoms with Crippen LogP contribution in [0.3, 0.4) is 0 Å². The first-order valence-corrected chi connectivity index (χ1v) is 11.8. The molecule has 0 aliphatic heterocycles. The first kappa shape index (κ1) is 24.8. The minimum absolute atomic E-state index is 0.0204. The highest BCUT2D eigenvalue weighted by Gasteiger charge is 2.15. The number of halogens is 1. The number of esters is 1. The second-order valence-corrected chi connectivity index (χ2v) is 8.15. The van der Waals surface area contributed by atoms with Crippen LogP contribution in [0.4, 0.5) is 0 Å². The highest BCUT2D eigenvalue weighted by Crippen LogP contribution is 2.20. The van der Waals surface area contributed by atoms with Gasteiger partial charge < -0.3 is 9.84 Å². The highest BCUT2D eigenvalue weighted by atomic mass is 79.9. The summed E-state index contributed by atoms with van der Waals surface area (Å²) < 4.78 is 5.01. The average Bonchev–Trinajstić information content (AvgIpc) is 2.77. The Labute approximate surface area is 191 Å². The molecule has 0 fully saturated rings. The third-order valence-electron chi connectivity index (χ3n) is 5.04. The van der Waals surface area contributed by atoms with Crippen LogP contribution in [-0.4, -0.2) is 34.8 Å². The third kappa shape index (κ3) is 7.94. The van der Waals surface area contributed by atoms with Crippen molar-refractivity contribution in [2.24, 2.45) is 0 Å². The zero-order chi connectivity index (χ0) is 22.6. The number of aryl methyl sites for hydroxylation is 2. The lowest BCUT2D eigenvalue weighted by atomic mass is 9.93. The molecule has 2 aromatic rings. The number of aliphatic carboxylic acids is 1. The van der Waals surface area contributed by atoms with Crippen molar-refractivity contribution in [1.29, 1.82) is 0 Å². The smallest absolute Gasteiger partial charge is 0.338 e. The van der Waals surface area contributed by atoms with Gasteiger partial charge in [-0.3, -0.25) is 9.59 Å². The van der Waals surface area contributed by atoms with Crippen LogP contribution in [0.15, 0.2) is 42.5 Å². The van der Waals surface area contributed by atoms with Crippen molar-refractivity contribution in [3.63, 3.8) is 0 Å². The fraction of sp³-hybridized carbons (Fsp3) is 0.400. The Morgan fingerprint density at radius 1 is 0.871 bits per heavy atom. The summed E-state index contributed by atoms with van der Waals surface area (Å²) in [7, 11) is 0. The van der Waals surface area contributed by atoms with Crippen molar-refractivity contribution in [3.8, 4) is 0 Å². The predicted octanol–water partition coefficient (Wildman–Crippen LogP) is 5.61. The Hall–Kier alpha value is -2.47. The van der Waals surface area contributed by atoms with E-state index in [1.807, 2.05) is 6.07 Å². The number of carbonyl (C=O) groups is 3. The van der Waals surface area contributed by atoms with Crippen LogP contribution in [-0.2, 0) is 22.4 Å². The molecule has 0 saturated carbocycles. The van der Waals surface area contributed by atoms with Gasteiger partial charge in [0.2, 0.25) is 0 Å². The summed E-state index contributed by atoms with van der Waals surface area (Å²) in [4.78, 5) is 36.1. The fourth-order valence-electron chi connectivity index (χ4n) is 3.42. The van der Waals surface area contributed by atoms with Crippen LogP contribution in [0.5, 0.6) is 0 Å². The molecule has 0 spiro atoms. The number of rotatable bonds is 13. The van der Waals surface area contributed by atoms with E-state index in [2.05, 4.69) is 15.9 Å². The van der Waals surface area contributed by atoms with E-state index in [0.29, 0.717) is 23.1 Å². The molecule has 0 heterocycles. The van der Waals surface area contributed by atoms with Crippen molar-refractivity contribution in [2.45, 2.75) is 51.9 Å². The van der Waals surface area contributed by atoms with Gasteiger partial charge >= 0.3 is 11.9 Å². The van der Waals surface area contributed by atoms with Gasteiger partial charge in [0.05, 0.1) is 12.2 Å². The Bertz CT molecular complexity index is 907. The molecule has 0 radical (unpaired) electrons. The summed E-state index contributed by atoms with van der Waals surface area (Å²) in [5.74, 6) is -1.52. The maximum absolute atomic E-state index is 13.0. The van der Waals surface area contributed by atoms with E-state index in [1.54, 1.807) is 37.3 Å². The molecule has 31 heavy (non-hydrogen) atoms. The standard InChI is InChI=1S/C25H29BrO5/c1-2-31-25(30)22-10-7-9-20(17-22)24(29)21-12-11-18(8-5-3-4-6-15-26)19(16-21)13-14-23(27)28/h7,9-12,16-17H,2-6,8,13-15H2,1H3,(H,27,28). The minimum atomic E-state index is -0.859. The number of benzene rings is 2. The van der Waals surface area contributed by atoms with Gasteiger partial charge in [-0.05, 0) is 61.9 Å². The molecule has 2 rings (SSSR count). The van der Waals surface area contributed by atoms with E-state index >= 15 is 0 Å². The molecule has 0 bridgehead atoms. The Kier molecular flexibility index (Phi) is 10.4. The van der Waals surface area contributed by atoms with Gasteiger partial charge in [0, 0.05) is 22.9 Å². The first-order valence-electron chi connectivity index (χ1n) is 10.7. The number of ketones is 1. The fourth-order valence-corrected chi connectivity index (χ4v) is 3.81. The number of unbranched alkanes of at least 4 members (excludes halogenated alkanes) is 3. The molecule has 0 aromatic heterocycles.